The van der Waals surface area contributed by atoms with Crippen molar-refractivity contribution in [2.24, 2.45) is 0 Å². The van der Waals surface area contributed by atoms with E-state index in [0.717, 1.165) is 49.8 Å². The van der Waals surface area contributed by atoms with Gasteiger partial charge in [-0.2, -0.15) is 5.26 Å². The third-order valence-electron chi connectivity index (χ3n) is 5.99. The quantitative estimate of drug-likeness (QED) is 0.255. The van der Waals surface area contributed by atoms with E-state index in [4.69, 9.17) is 4.74 Å². The molecule has 2 heterocycles. The van der Waals surface area contributed by atoms with Crippen molar-refractivity contribution in [3.05, 3.63) is 64.3 Å². The fourth-order valence-electron chi connectivity index (χ4n) is 4.24. The Labute approximate surface area is 222 Å². The molecule has 11 heteroatoms. The van der Waals surface area contributed by atoms with E-state index >= 15 is 0 Å². The van der Waals surface area contributed by atoms with Crippen LogP contribution in [-0.2, 0) is 24.2 Å². The Morgan fingerprint density at radius 2 is 2.11 bits per heavy atom. The minimum absolute atomic E-state index is 0.0601. The van der Waals surface area contributed by atoms with Crippen LogP contribution < -0.4 is 10.1 Å². The summed E-state index contributed by atoms with van der Waals surface area (Å²) in [5, 5.41) is 22.1. The number of carbonyl (C=O) groups is 1. The standard InChI is InChI=1S/C26H27F2N5O2S2/c1-3-12-33-24(16(2)35-21-11-10-17(27)13-20(21)28)31-32-26(33)36-15-23(34)30-25-19(14-29)18-8-6-4-5-7-9-22(18)37-25/h3,10-11,13,16H,1,4-9,12,15H2,2H3,(H,30,34). The van der Waals surface area contributed by atoms with Gasteiger partial charge in [0.25, 0.3) is 0 Å². The van der Waals surface area contributed by atoms with E-state index < -0.39 is 17.7 Å². The average Bonchev–Trinajstić information content (AvgIpc) is 3.40. The van der Waals surface area contributed by atoms with Crippen molar-refractivity contribution in [3.63, 3.8) is 0 Å². The number of rotatable bonds is 9. The lowest BCUT2D eigenvalue weighted by atomic mass is 9.97. The number of halogens is 2. The van der Waals surface area contributed by atoms with Crippen LogP contribution in [0.5, 0.6) is 5.75 Å². The van der Waals surface area contributed by atoms with Crippen molar-refractivity contribution >= 4 is 34.0 Å². The van der Waals surface area contributed by atoms with Crippen LogP contribution in [0, 0.1) is 23.0 Å². The van der Waals surface area contributed by atoms with Crippen molar-refractivity contribution in [2.75, 3.05) is 11.1 Å². The van der Waals surface area contributed by atoms with Gasteiger partial charge in [-0.3, -0.25) is 9.36 Å². The Hall–Kier alpha value is -3.23. The number of anilines is 1. The van der Waals surface area contributed by atoms with Gasteiger partial charge in [0.1, 0.15) is 16.9 Å². The molecule has 7 nitrogen and oxygen atoms in total. The van der Waals surface area contributed by atoms with E-state index in [1.54, 1.807) is 17.6 Å². The number of benzene rings is 1. The first-order valence-corrected chi connectivity index (χ1v) is 13.8. The number of carbonyl (C=O) groups excluding carboxylic acids is 1. The van der Waals surface area contributed by atoms with E-state index in [0.29, 0.717) is 28.1 Å². The smallest absolute Gasteiger partial charge is 0.235 e. The van der Waals surface area contributed by atoms with E-state index in [9.17, 15) is 18.8 Å². The van der Waals surface area contributed by atoms with Crippen LogP contribution in [0.3, 0.4) is 0 Å². The number of nitrogens with zero attached hydrogens (tertiary/aromatic N) is 4. The predicted octanol–water partition coefficient (Wildman–Crippen LogP) is 6.21. The lowest BCUT2D eigenvalue weighted by molar-refractivity contribution is -0.113. The van der Waals surface area contributed by atoms with Crippen molar-refractivity contribution in [3.8, 4) is 11.8 Å². The topological polar surface area (TPSA) is 92.8 Å². The van der Waals surface area contributed by atoms with Crippen molar-refractivity contribution in [1.29, 1.82) is 5.26 Å². The molecule has 1 aliphatic carbocycles. The maximum atomic E-state index is 14.0. The van der Waals surface area contributed by atoms with Crippen LogP contribution in [0.4, 0.5) is 13.8 Å². The molecule has 1 aromatic carbocycles. The Balaban J connectivity index is 1.44. The van der Waals surface area contributed by atoms with Gasteiger partial charge in [0.15, 0.2) is 28.7 Å². The fraction of sp³-hybridized carbons (Fsp3) is 0.385. The summed E-state index contributed by atoms with van der Waals surface area (Å²) in [5.74, 6) is -1.38. The predicted molar refractivity (Wildman–Crippen MR) is 140 cm³/mol. The number of thioether (sulfide) groups is 1. The minimum atomic E-state index is -0.814. The Bertz CT molecular complexity index is 1330. The molecule has 2 aromatic heterocycles. The van der Waals surface area contributed by atoms with Gasteiger partial charge in [-0.15, -0.1) is 28.1 Å². The highest BCUT2D eigenvalue weighted by Gasteiger charge is 2.23. The first-order valence-electron chi connectivity index (χ1n) is 12.0. The molecule has 0 fully saturated rings. The molecule has 194 valence electrons. The zero-order valence-electron chi connectivity index (χ0n) is 20.4. The minimum Gasteiger partial charge on any atom is -0.480 e. The molecule has 37 heavy (non-hydrogen) atoms. The number of hydrogen-bond acceptors (Lipinski definition) is 7. The number of hydrogen-bond donors (Lipinski definition) is 1. The van der Waals surface area contributed by atoms with Crippen LogP contribution in [0.2, 0.25) is 0 Å². The third kappa shape index (κ3) is 6.37. The number of fused-ring (bicyclic) bond motifs is 1. The van der Waals surface area contributed by atoms with E-state index in [-0.39, 0.29) is 17.4 Å². The molecule has 0 bridgehead atoms. The monoisotopic (exact) mass is 543 g/mol. The maximum Gasteiger partial charge on any atom is 0.235 e. The number of thiophene rings is 1. The number of allylic oxidation sites excluding steroid dienone is 1. The molecular formula is C26H27F2N5O2S2. The van der Waals surface area contributed by atoms with E-state index in [1.165, 1.54) is 40.5 Å². The molecule has 1 atom stereocenters. The van der Waals surface area contributed by atoms with Gasteiger partial charge in [0.05, 0.1) is 11.3 Å². The highest BCUT2D eigenvalue weighted by Crippen LogP contribution is 2.37. The maximum absolute atomic E-state index is 14.0. The van der Waals surface area contributed by atoms with Gasteiger partial charge >= 0.3 is 0 Å². The van der Waals surface area contributed by atoms with Gasteiger partial charge in [0, 0.05) is 17.5 Å². The zero-order valence-corrected chi connectivity index (χ0v) is 22.1. The summed E-state index contributed by atoms with van der Waals surface area (Å²) in [5.41, 5.74) is 1.66. The Kier molecular flexibility index (Phi) is 8.95. The second-order valence-electron chi connectivity index (χ2n) is 8.65. The van der Waals surface area contributed by atoms with Gasteiger partial charge in [0.2, 0.25) is 5.91 Å². The number of amides is 1. The van der Waals surface area contributed by atoms with E-state index in [2.05, 4.69) is 28.2 Å². The second kappa shape index (κ2) is 12.3. The van der Waals surface area contributed by atoms with Crippen molar-refractivity contribution in [1.82, 2.24) is 14.8 Å². The normalized spacial score (nSPS) is 14.1. The molecule has 0 saturated carbocycles. The largest absolute Gasteiger partial charge is 0.480 e. The zero-order chi connectivity index (χ0) is 26.4. The first kappa shape index (κ1) is 26.8. The summed E-state index contributed by atoms with van der Waals surface area (Å²) in [7, 11) is 0. The molecule has 1 unspecified atom stereocenters. The molecule has 0 aliphatic heterocycles. The number of nitriles is 1. The highest BCUT2D eigenvalue weighted by atomic mass is 32.2. The van der Waals surface area contributed by atoms with Gasteiger partial charge in [-0.05, 0) is 50.3 Å². The summed E-state index contributed by atoms with van der Waals surface area (Å²) in [4.78, 5) is 14.0. The summed E-state index contributed by atoms with van der Waals surface area (Å²) in [6.45, 7) is 5.79. The van der Waals surface area contributed by atoms with E-state index in [1.807, 2.05) is 0 Å². The SMILES string of the molecule is C=CCn1c(SCC(=O)Nc2sc3c(c2C#N)CCCCCC3)nnc1C(C)Oc1ccc(F)cc1F. The molecular weight excluding hydrogens is 516 g/mol. The van der Waals surface area contributed by atoms with Crippen LogP contribution in [0.1, 0.15) is 60.5 Å². The molecule has 1 amide bonds. The number of nitrogens with one attached hydrogen (secondary N) is 1. The summed E-state index contributed by atoms with van der Waals surface area (Å²) >= 11 is 2.69. The number of aryl methyl sites for hydroxylation is 1. The Morgan fingerprint density at radius 1 is 1.32 bits per heavy atom. The van der Waals surface area contributed by atoms with Crippen LogP contribution in [0.25, 0.3) is 0 Å². The first-order chi connectivity index (χ1) is 17.9. The molecule has 0 saturated heterocycles. The van der Waals surface area contributed by atoms with Crippen LogP contribution >= 0.6 is 23.1 Å². The Morgan fingerprint density at radius 3 is 2.84 bits per heavy atom. The van der Waals surface area contributed by atoms with Crippen molar-refractivity contribution < 1.29 is 18.3 Å². The second-order valence-corrected chi connectivity index (χ2v) is 10.7. The highest BCUT2D eigenvalue weighted by molar-refractivity contribution is 7.99. The van der Waals surface area contributed by atoms with Crippen LogP contribution in [-0.4, -0.2) is 26.4 Å². The molecule has 1 aliphatic rings. The lowest BCUT2D eigenvalue weighted by Crippen LogP contribution is -2.15. The molecule has 4 rings (SSSR count). The summed E-state index contributed by atoms with van der Waals surface area (Å²) in [6.07, 6.45) is 7.27. The summed E-state index contributed by atoms with van der Waals surface area (Å²) in [6, 6.07) is 5.38. The average molecular weight is 544 g/mol. The van der Waals surface area contributed by atoms with Gasteiger partial charge in [-0.25, -0.2) is 8.78 Å². The molecule has 1 N–H and O–H groups in total. The fourth-order valence-corrected chi connectivity index (χ4v) is 6.25. The van der Waals surface area contributed by atoms with Gasteiger partial charge < -0.3 is 10.1 Å². The number of ether oxygens (including phenoxy) is 1. The molecule has 3 aromatic rings. The van der Waals surface area contributed by atoms with Crippen LogP contribution in [0.15, 0.2) is 36.0 Å². The lowest BCUT2D eigenvalue weighted by Gasteiger charge is -2.16. The third-order valence-corrected chi connectivity index (χ3v) is 8.16. The van der Waals surface area contributed by atoms with Gasteiger partial charge in [-0.1, -0.05) is 30.7 Å². The summed E-state index contributed by atoms with van der Waals surface area (Å²) < 4.78 is 34.6. The number of aromatic nitrogens is 3. The molecule has 0 spiro atoms. The molecule has 0 radical (unpaired) electrons. The van der Waals surface area contributed by atoms with Crippen molar-refractivity contribution in [2.45, 2.75) is 63.3 Å².